The van der Waals surface area contributed by atoms with Crippen molar-refractivity contribution in [2.45, 2.75) is 144 Å². The van der Waals surface area contributed by atoms with E-state index < -0.39 is 17.2 Å². The first-order valence-corrected chi connectivity index (χ1v) is 24.4. The van der Waals surface area contributed by atoms with Crippen LogP contribution in [0.25, 0.3) is 0 Å². The van der Waals surface area contributed by atoms with Gasteiger partial charge in [-0.25, -0.2) is 18.4 Å². The van der Waals surface area contributed by atoms with E-state index >= 15 is 0 Å². The van der Waals surface area contributed by atoms with E-state index in [1.807, 2.05) is 74.9 Å². The van der Waals surface area contributed by atoms with Crippen LogP contribution in [0.4, 0.5) is 18.4 Å². The van der Waals surface area contributed by atoms with Gasteiger partial charge in [-0.3, -0.25) is 19.0 Å². The highest BCUT2D eigenvalue weighted by Crippen LogP contribution is 2.28. The third-order valence-electron chi connectivity index (χ3n) is 12.9. The number of likely N-dealkylation sites (tertiary alicyclic amines) is 2. The topological polar surface area (TPSA) is 164 Å². The number of hydrogen-bond acceptors (Lipinski definition) is 9. The lowest BCUT2D eigenvalue weighted by Crippen LogP contribution is -2.43. The number of nitrogens with one attached hydrogen (secondary N) is 1. The second-order valence-corrected chi connectivity index (χ2v) is 20.7. The van der Waals surface area contributed by atoms with Crippen LogP contribution in [-0.2, 0) is 58.1 Å². The highest BCUT2D eigenvalue weighted by molar-refractivity contribution is 5.85. The maximum atomic E-state index is 13.3. The average Bonchev–Trinajstić information content (AvgIpc) is 3.78. The molecule has 2 aromatic carbocycles. The van der Waals surface area contributed by atoms with E-state index in [0.29, 0.717) is 58.8 Å². The summed E-state index contributed by atoms with van der Waals surface area (Å²) in [5.74, 6) is -0.589. The molecule has 384 valence electrons. The van der Waals surface area contributed by atoms with Crippen molar-refractivity contribution in [2.75, 3.05) is 39.3 Å². The van der Waals surface area contributed by atoms with Gasteiger partial charge in [0.2, 0.25) is 5.91 Å². The Labute approximate surface area is 417 Å². The van der Waals surface area contributed by atoms with E-state index in [4.69, 9.17) is 19.7 Å². The SMILES string of the molecule is CC(C)(C)OC(=O)N1CCC(CC(=O)O)CC1.Cc1nn(Cc2ccc(F)cc2)c2c1CCN(C(=O)CC1CCN(C(=O)OC(C)(C)C)CC1)C2.Cc1nn(Cc2ccc(F)cc2)c2c1CCNC2.Cl. The molecule has 4 aliphatic rings. The largest absolute Gasteiger partial charge is 0.481 e. The third kappa shape index (κ3) is 16.3. The summed E-state index contributed by atoms with van der Waals surface area (Å²) in [4.78, 5) is 53.1. The van der Waals surface area contributed by atoms with Crippen molar-refractivity contribution in [1.82, 2.24) is 39.6 Å². The first-order valence-electron chi connectivity index (χ1n) is 24.4. The molecule has 6 heterocycles. The molecule has 0 saturated carbocycles. The van der Waals surface area contributed by atoms with Crippen LogP contribution in [0.1, 0.15) is 125 Å². The van der Waals surface area contributed by atoms with Gasteiger partial charge in [-0.2, -0.15) is 10.2 Å². The highest BCUT2D eigenvalue weighted by Gasteiger charge is 2.32. The number of carbonyl (C=O) groups excluding carboxylic acids is 3. The minimum absolute atomic E-state index is 0. The summed E-state index contributed by atoms with van der Waals surface area (Å²) in [6.07, 6.45) is 5.08. The van der Waals surface area contributed by atoms with Gasteiger partial charge in [0.15, 0.2) is 0 Å². The van der Waals surface area contributed by atoms with E-state index in [1.54, 1.807) is 21.9 Å². The van der Waals surface area contributed by atoms with Crippen molar-refractivity contribution >= 4 is 36.5 Å². The molecule has 0 unspecified atom stereocenters. The molecule has 2 aromatic heterocycles. The van der Waals surface area contributed by atoms with Crippen LogP contribution in [0, 0.1) is 37.3 Å². The second-order valence-electron chi connectivity index (χ2n) is 20.7. The summed E-state index contributed by atoms with van der Waals surface area (Å²) in [6, 6.07) is 13.1. The first kappa shape index (κ1) is 55.4. The number of carboxylic acids is 1. The van der Waals surface area contributed by atoms with Gasteiger partial charge in [-0.1, -0.05) is 24.3 Å². The Morgan fingerprint density at radius 3 is 1.51 bits per heavy atom. The van der Waals surface area contributed by atoms with Crippen LogP contribution in [0.15, 0.2) is 48.5 Å². The Bertz CT molecular complexity index is 2380. The smallest absolute Gasteiger partial charge is 0.410 e. The predicted molar refractivity (Wildman–Crippen MR) is 265 cm³/mol. The molecule has 0 aliphatic carbocycles. The molecule has 2 fully saturated rings. The van der Waals surface area contributed by atoms with E-state index in [1.165, 1.54) is 41.1 Å². The summed E-state index contributed by atoms with van der Waals surface area (Å²) in [5, 5.41) is 21.4. The molecule has 4 aliphatic heterocycles. The van der Waals surface area contributed by atoms with Gasteiger partial charge < -0.3 is 34.6 Å². The van der Waals surface area contributed by atoms with E-state index in [2.05, 4.69) is 17.3 Å². The summed E-state index contributed by atoms with van der Waals surface area (Å²) >= 11 is 0. The number of nitrogens with zero attached hydrogens (tertiary/aromatic N) is 7. The Morgan fingerprint density at radius 2 is 1.07 bits per heavy atom. The Balaban J connectivity index is 0.000000214. The number of carbonyl (C=O) groups is 4. The van der Waals surface area contributed by atoms with Crippen LogP contribution < -0.4 is 5.32 Å². The van der Waals surface area contributed by atoms with Gasteiger partial charge in [-0.05, 0) is 159 Å². The zero-order valence-electron chi connectivity index (χ0n) is 42.2. The highest BCUT2D eigenvalue weighted by atomic mass is 35.5. The van der Waals surface area contributed by atoms with Gasteiger partial charge in [-0.15, -0.1) is 12.4 Å². The zero-order valence-corrected chi connectivity index (χ0v) is 43.0. The van der Waals surface area contributed by atoms with Crippen molar-refractivity contribution in [2.24, 2.45) is 11.8 Å². The second kappa shape index (κ2) is 24.5. The lowest BCUT2D eigenvalue weighted by atomic mass is 9.92. The van der Waals surface area contributed by atoms with Crippen LogP contribution in [0.2, 0.25) is 0 Å². The third-order valence-corrected chi connectivity index (χ3v) is 12.9. The lowest BCUT2D eigenvalue weighted by molar-refractivity contribution is -0.138. The van der Waals surface area contributed by atoms with Crippen molar-refractivity contribution in [3.63, 3.8) is 0 Å². The molecular formula is C52H73ClF2N8O7. The molecule has 2 saturated heterocycles. The molecule has 15 nitrogen and oxygen atoms in total. The lowest BCUT2D eigenvalue weighted by Gasteiger charge is -2.34. The normalized spacial score (nSPS) is 16.3. The molecule has 0 spiro atoms. The quantitative estimate of drug-likeness (QED) is 0.174. The van der Waals surface area contributed by atoms with Crippen molar-refractivity contribution in [3.8, 4) is 0 Å². The fourth-order valence-electron chi connectivity index (χ4n) is 9.20. The van der Waals surface area contributed by atoms with Gasteiger partial charge >= 0.3 is 18.2 Å². The molecule has 4 aromatic rings. The Morgan fingerprint density at radius 1 is 0.643 bits per heavy atom. The molecule has 70 heavy (non-hydrogen) atoms. The van der Waals surface area contributed by atoms with Crippen molar-refractivity contribution in [1.29, 1.82) is 0 Å². The Kier molecular flexibility index (Phi) is 19.4. The van der Waals surface area contributed by atoms with Crippen LogP contribution in [0.3, 0.4) is 0 Å². The summed E-state index contributed by atoms with van der Waals surface area (Å²) in [6.45, 7) is 22.0. The molecule has 3 amide bonds. The number of piperidine rings is 2. The number of halogens is 3. The number of hydrogen-bond donors (Lipinski definition) is 2. The summed E-state index contributed by atoms with van der Waals surface area (Å²) in [7, 11) is 0. The predicted octanol–water partition coefficient (Wildman–Crippen LogP) is 8.86. The van der Waals surface area contributed by atoms with E-state index in [0.717, 1.165) is 79.8 Å². The van der Waals surface area contributed by atoms with E-state index in [9.17, 15) is 28.0 Å². The summed E-state index contributed by atoms with van der Waals surface area (Å²) < 4.78 is 40.9. The fraction of sp³-hybridized carbons (Fsp3) is 0.577. The zero-order chi connectivity index (χ0) is 50.0. The average molecular weight is 996 g/mol. The number of rotatable bonds is 8. The van der Waals surface area contributed by atoms with Gasteiger partial charge in [0.05, 0.1) is 42.4 Å². The van der Waals surface area contributed by atoms with Gasteiger partial charge in [0.1, 0.15) is 22.8 Å². The molecule has 8 rings (SSSR count). The number of carboxylic acid groups (broad SMARTS) is 1. The number of aryl methyl sites for hydroxylation is 2. The number of amides is 3. The number of fused-ring (bicyclic) bond motifs is 2. The first-order chi connectivity index (χ1) is 32.6. The molecular weight excluding hydrogens is 922 g/mol. The summed E-state index contributed by atoms with van der Waals surface area (Å²) in [5.41, 5.74) is 8.12. The van der Waals surface area contributed by atoms with Crippen molar-refractivity contribution in [3.05, 3.63) is 105 Å². The maximum absolute atomic E-state index is 13.3. The molecule has 2 N–H and O–H groups in total. The Hall–Kier alpha value is -5.55. The van der Waals surface area contributed by atoms with Gasteiger partial charge in [0, 0.05) is 52.1 Å². The maximum Gasteiger partial charge on any atom is 0.410 e. The standard InChI is InChI=1S/C26H35FN4O3.C14H16FN3.C12H21NO4.ClH/c1-18-22-11-14-30(17-23(22)31(28-18)16-20-5-7-21(27)8-6-20)24(32)15-19-9-12-29(13-10-19)25(33)34-26(2,3)4;1-10-13-6-7-16-8-14(13)18(17-10)9-11-2-4-12(15)5-3-11;1-12(2,3)17-11(16)13-6-4-9(5-7-13)8-10(14)15;/h5-8,19H,9-17H2,1-4H3;2-5,16H,6-9H2,1H3;9H,4-8H2,1-3H3,(H,14,15);1H. The molecule has 0 bridgehead atoms. The van der Waals surface area contributed by atoms with Gasteiger partial charge in [0.25, 0.3) is 0 Å². The number of ether oxygens (including phenoxy) is 2. The number of aliphatic carboxylic acids is 1. The van der Waals surface area contributed by atoms with E-state index in [-0.39, 0.29) is 60.4 Å². The number of benzene rings is 2. The minimum Gasteiger partial charge on any atom is -0.481 e. The van der Waals surface area contributed by atoms with Crippen LogP contribution in [0.5, 0.6) is 0 Å². The number of aromatic nitrogens is 4. The van der Waals surface area contributed by atoms with Crippen LogP contribution >= 0.6 is 12.4 Å². The minimum atomic E-state index is -0.763. The molecule has 0 radical (unpaired) electrons. The van der Waals surface area contributed by atoms with Crippen LogP contribution in [-0.4, -0.2) is 114 Å². The van der Waals surface area contributed by atoms with Crippen molar-refractivity contribution < 1.29 is 42.5 Å². The monoisotopic (exact) mass is 995 g/mol. The molecule has 18 heteroatoms. The molecule has 0 atom stereocenters. The fourth-order valence-corrected chi connectivity index (χ4v) is 9.20.